The maximum absolute atomic E-state index is 12.0. The lowest BCUT2D eigenvalue weighted by atomic mass is 10.5. The summed E-state index contributed by atoms with van der Waals surface area (Å²) >= 11 is 3.15. The molecule has 0 aliphatic carbocycles. The van der Waals surface area contributed by atoms with Crippen molar-refractivity contribution < 1.29 is 8.42 Å². The summed E-state index contributed by atoms with van der Waals surface area (Å²) in [6.07, 6.45) is 0. The van der Waals surface area contributed by atoms with Crippen LogP contribution in [0.3, 0.4) is 0 Å². The first-order chi connectivity index (χ1) is 7.02. The first kappa shape index (κ1) is 12.6. The van der Waals surface area contributed by atoms with E-state index in [4.69, 9.17) is 0 Å². The third-order valence-corrected chi connectivity index (χ3v) is 4.39. The second-order valence-electron chi connectivity index (χ2n) is 2.89. The standard InChI is InChI=1S/C9H13BrN2O2S/c1-3-12(4-2)15(13,14)9-7-5-6-8(10)11-9/h5-7H,3-4H2,1-2H3. The summed E-state index contributed by atoms with van der Waals surface area (Å²) < 4.78 is 25.9. The van der Waals surface area contributed by atoms with Gasteiger partial charge in [-0.1, -0.05) is 19.9 Å². The van der Waals surface area contributed by atoms with Crippen LogP contribution in [0.5, 0.6) is 0 Å². The van der Waals surface area contributed by atoms with E-state index in [0.29, 0.717) is 17.7 Å². The van der Waals surface area contributed by atoms with Crippen LogP contribution in [0, 0.1) is 0 Å². The van der Waals surface area contributed by atoms with Gasteiger partial charge in [-0.05, 0) is 28.1 Å². The highest BCUT2D eigenvalue weighted by atomic mass is 79.9. The van der Waals surface area contributed by atoms with Crippen LogP contribution in [0.1, 0.15) is 13.8 Å². The van der Waals surface area contributed by atoms with E-state index in [9.17, 15) is 8.42 Å². The van der Waals surface area contributed by atoms with Crippen molar-refractivity contribution >= 4 is 26.0 Å². The molecule has 15 heavy (non-hydrogen) atoms. The summed E-state index contributed by atoms with van der Waals surface area (Å²) in [4.78, 5) is 3.95. The maximum atomic E-state index is 12.0. The Morgan fingerprint density at radius 1 is 1.33 bits per heavy atom. The molecule has 84 valence electrons. The zero-order chi connectivity index (χ0) is 11.5. The summed E-state index contributed by atoms with van der Waals surface area (Å²) in [6, 6.07) is 4.85. The molecular formula is C9H13BrN2O2S. The molecule has 0 aromatic carbocycles. The van der Waals surface area contributed by atoms with E-state index >= 15 is 0 Å². The molecule has 1 rings (SSSR count). The molecule has 1 aromatic heterocycles. The summed E-state index contributed by atoms with van der Waals surface area (Å²) in [5.74, 6) is 0. The molecule has 0 amide bonds. The Balaban J connectivity index is 3.16. The second-order valence-corrected chi connectivity index (χ2v) is 5.59. The summed E-state index contributed by atoms with van der Waals surface area (Å²) in [6.45, 7) is 4.51. The molecule has 1 heterocycles. The van der Waals surface area contributed by atoms with Crippen molar-refractivity contribution in [3.8, 4) is 0 Å². The van der Waals surface area contributed by atoms with Gasteiger partial charge in [0.25, 0.3) is 10.0 Å². The largest absolute Gasteiger partial charge is 0.260 e. The molecule has 4 nitrogen and oxygen atoms in total. The molecule has 0 radical (unpaired) electrons. The van der Waals surface area contributed by atoms with Crippen LogP contribution < -0.4 is 0 Å². The van der Waals surface area contributed by atoms with Gasteiger partial charge in [-0.3, -0.25) is 0 Å². The molecule has 0 aliphatic rings. The van der Waals surface area contributed by atoms with Crippen molar-refractivity contribution in [1.82, 2.24) is 9.29 Å². The average Bonchev–Trinajstić information content (AvgIpc) is 2.19. The zero-order valence-electron chi connectivity index (χ0n) is 8.64. The van der Waals surface area contributed by atoms with Crippen molar-refractivity contribution in [1.29, 1.82) is 0 Å². The number of nitrogens with zero attached hydrogens (tertiary/aromatic N) is 2. The van der Waals surface area contributed by atoms with Crippen LogP contribution in [-0.2, 0) is 10.0 Å². The SMILES string of the molecule is CCN(CC)S(=O)(=O)c1cccc(Br)n1. The molecule has 6 heteroatoms. The fourth-order valence-electron chi connectivity index (χ4n) is 1.23. The lowest BCUT2D eigenvalue weighted by Gasteiger charge is -2.17. The fraction of sp³-hybridized carbons (Fsp3) is 0.444. The van der Waals surface area contributed by atoms with Gasteiger partial charge >= 0.3 is 0 Å². The van der Waals surface area contributed by atoms with Crippen LogP contribution >= 0.6 is 15.9 Å². The lowest BCUT2D eigenvalue weighted by Crippen LogP contribution is -2.31. The van der Waals surface area contributed by atoms with Crippen molar-refractivity contribution in [3.63, 3.8) is 0 Å². The van der Waals surface area contributed by atoms with Gasteiger partial charge in [0, 0.05) is 13.1 Å². The molecule has 1 aromatic rings. The molecule has 0 N–H and O–H groups in total. The molecule has 0 fully saturated rings. The Labute approximate surface area is 98.5 Å². The van der Waals surface area contributed by atoms with Gasteiger partial charge in [-0.15, -0.1) is 0 Å². The van der Waals surface area contributed by atoms with Gasteiger partial charge in [0.05, 0.1) is 0 Å². The molecule has 0 atom stereocenters. The van der Waals surface area contributed by atoms with Gasteiger partial charge in [-0.2, -0.15) is 4.31 Å². The number of hydrogen-bond acceptors (Lipinski definition) is 3. The highest BCUT2D eigenvalue weighted by Gasteiger charge is 2.22. The zero-order valence-corrected chi connectivity index (χ0v) is 11.0. The molecule has 0 aliphatic heterocycles. The van der Waals surface area contributed by atoms with Gasteiger partial charge in [0.15, 0.2) is 5.03 Å². The topological polar surface area (TPSA) is 50.3 Å². The molecule has 0 saturated carbocycles. The predicted molar refractivity (Wildman–Crippen MR) is 62.0 cm³/mol. The Morgan fingerprint density at radius 3 is 2.40 bits per heavy atom. The molecular weight excluding hydrogens is 280 g/mol. The number of rotatable bonds is 4. The number of hydrogen-bond donors (Lipinski definition) is 0. The quantitative estimate of drug-likeness (QED) is 0.796. The number of pyridine rings is 1. The van der Waals surface area contributed by atoms with Crippen LogP contribution in [0.4, 0.5) is 0 Å². The minimum atomic E-state index is -3.43. The van der Waals surface area contributed by atoms with Gasteiger partial charge in [0.1, 0.15) is 4.60 Å². The van der Waals surface area contributed by atoms with Crippen molar-refractivity contribution in [2.24, 2.45) is 0 Å². The number of sulfonamides is 1. The van der Waals surface area contributed by atoms with Crippen LogP contribution in [0.15, 0.2) is 27.8 Å². The fourth-order valence-corrected chi connectivity index (χ4v) is 3.10. The molecule has 0 bridgehead atoms. The van der Waals surface area contributed by atoms with E-state index in [-0.39, 0.29) is 5.03 Å². The smallest absolute Gasteiger partial charge is 0.228 e. The Hall–Kier alpha value is -0.460. The van der Waals surface area contributed by atoms with Gasteiger partial charge in [-0.25, -0.2) is 13.4 Å². The van der Waals surface area contributed by atoms with E-state index in [0.717, 1.165) is 0 Å². The summed E-state index contributed by atoms with van der Waals surface area (Å²) in [5, 5.41) is 0.0839. The van der Waals surface area contributed by atoms with E-state index in [2.05, 4.69) is 20.9 Å². The molecule has 0 unspecified atom stereocenters. The third-order valence-electron chi connectivity index (χ3n) is 2.00. The van der Waals surface area contributed by atoms with Crippen molar-refractivity contribution in [2.75, 3.05) is 13.1 Å². The molecule has 0 spiro atoms. The Bertz CT molecular complexity index is 429. The third kappa shape index (κ3) is 2.76. The van der Waals surface area contributed by atoms with E-state index in [1.807, 2.05) is 0 Å². The first-order valence-corrected chi connectivity index (χ1v) is 6.88. The Morgan fingerprint density at radius 2 is 1.93 bits per heavy atom. The van der Waals surface area contributed by atoms with E-state index in [1.54, 1.807) is 26.0 Å². The van der Waals surface area contributed by atoms with E-state index < -0.39 is 10.0 Å². The van der Waals surface area contributed by atoms with Crippen LogP contribution in [0.2, 0.25) is 0 Å². The highest BCUT2D eigenvalue weighted by Crippen LogP contribution is 2.15. The second kappa shape index (κ2) is 5.05. The summed E-state index contributed by atoms with van der Waals surface area (Å²) in [7, 11) is -3.43. The highest BCUT2D eigenvalue weighted by molar-refractivity contribution is 9.10. The lowest BCUT2D eigenvalue weighted by molar-refractivity contribution is 0.442. The summed E-state index contributed by atoms with van der Waals surface area (Å²) in [5.41, 5.74) is 0. The first-order valence-electron chi connectivity index (χ1n) is 4.65. The van der Waals surface area contributed by atoms with Crippen LogP contribution in [-0.4, -0.2) is 30.8 Å². The van der Waals surface area contributed by atoms with Crippen molar-refractivity contribution in [3.05, 3.63) is 22.8 Å². The normalized spacial score (nSPS) is 12.0. The predicted octanol–water partition coefficient (Wildman–Crippen LogP) is 1.87. The molecule has 0 saturated heterocycles. The number of halogens is 1. The maximum Gasteiger partial charge on any atom is 0.260 e. The van der Waals surface area contributed by atoms with Gasteiger partial charge in [0.2, 0.25) is 0 Å². The minimum absolute atomic E-state index is 0.0839. The average molecular weight is 293 g/mol. The van der Waals surface area contributed by atoms with E-state index in [1.165, 1.54) is 10.4 Å². The monoisotopic (exact) mass is 292 g/mol. The minimum Gasteiger partial charge on any atom is -0.228 e. The Kier molecular flexibility index (Phi) is 4.24. The van der Waals surface area contributed by atoms with Gasteiger partial charge < -0.3 is 0 Å². The van der Waals surface area contributed by atoms with Crippen LogP contribution in [0.25, 0.3) is 0 Å². The number of aromatic nitrogens is 1. The van der Waals surface area contributed by atoms with Crippen molar-refractivity contribution in [2.45, 2.75) is 18.9 Å².